The number of aromatic nitrogens is 5. The molecule has 0 aromatic carbocycles. The van der Waals surface area contributed by atoms with Crippen LogP contribution in [-0.2, 0) is 4.79 Å². The van der Waals surface area contributed by atoms with Gasteiger partial charge in [0.2, 0.25) is 0 Å². The molecule has 2 heterocycles. The van der Waals surface area contributed by atoms with Crippen molar-refractivity contribution in [1.29, 1.82) is 0 Å². The Balaban J connectivity index is 2.05. The highest BCUT2D eigenvalue weighted by Crippen LogP contribution is 2.11. The van der Waals surface area contributed by atoms with Crippen molar-refractivity contribution in [3.63, 3.8) is 0 Å². The van der Waals surface area contributed by atoms with E-state index in [1.54, 1.807) is 12.4 Å². The molecule has 0 saturated heterocycles. The van der Waals surface area contributed by atoms with Crippen molar-refractivity contribution < 1.29 is 9.90 Å². The van der Waals surface area contributed by atoms with Gasteiger partial charge in [0.25, 0.3) is 0 Å². The normalized spacial score (nSPS) is 12.5. The SMILES string of the molecule is CCC(CNc1cncc2nnnn12)CC(=O)O. The Morgan fingerprint density at radius 2 is 2.39 bits per heavy atom. The first-order chi connectivity index (χ1) is 8.70. The highest BCUT2D eigenvalue weighted by molar-refractivity contribution is 5.67. The van der Waals surface area contributed by atoms with Crippen molar-refractivity contribution in [3.8, 4) is 0 Å². The van der Waals surface area contributed by atoms with E-state index < -0.39 is 5.97 Å². The van der Waals surface area contributed by atoms with Crippen molar-refractivity contribution in [2.45, 2.75) is 19.8 Å². The number of carbonyl (C=O) groups is 1. The Morgan fingerprint density at radius 3 is 3.11 bits per heavy atom. The van der Waals surface area contributed by atoms with E-state index in [4.69, 9.17) is 5.11 Å². The lowest BCUT2D eigenvalue weighted by Crippen LogP contribution is -2.18. The van der Waals surface area contributed by atoms with Crippen molar-refractivity contribution >= 4 is 17.4 Å². The second-order valence-corrected chi connectivity index (χ2v) is 3.99. The summed E-state index contributed by atoms with van der Waals surface area (Å²) in [6.45, 7) is 2.51. The molecule has 0 aliphatic carbocycles. The number of aliphatic carboxylic acids is 1. The summed E-state index contributed by atoms with van der Waals surface area (Å²) in [5.74, 6) is -0.0713. The topological polar surface area (TPSA) is 105 Å². The van der Waals surface area contributed by atoms with Crippen LogP contribution in [0.5, 0.6) is 0 Å². The molecule has 18 heavy (non-hydrogen) atoms. The average Bonchev–Trinajstić information content (AvgIpc) is 2.82. The molecule has 1 unspecified atom stereocenters. The van der Waals surface area contributed by atoms with E-state index in [1.165, 1.54) is 4.52 Å². The van der Waals surface area contributed by atoms with Gasteiger partial charge in [0.1, 0.15) is 5.82 Å². The molecule has 0 spiro atoms. The van der Waals surface area contributed by atoms with Crippen LogP contribution in [0.25, 0.3) is 5.65 Å². The number of hydrogen-bond acceptors (Lipinski definition) is 6. The molecule has 8 nitrogen and oxygen atoms in total. The van der Waals surface area contributed by atoms with E-state index in [9.17, 15) is 4.79 Å². The number of carboxylic acids is 1. The van der Waals surface area contributed by atoms with Gasteiger partial charge in [-0.2, -0.15) is 4.52 Å². The van der Waals surface area contributed by atoms with Crippen molar-refractivity contribution in [2.75, 3.05) is 11.9 Å². The molecule has 0 aliphatic heterocycles. The Hall–Kier alpha value is -2.25. The molecule has 2 aromatic rings. The van der Waals surface area contributed by atoms with Crippen molar-refractivity contribution in [2.24, 2.45) is 5.92 Å². The highest BCUT2D eigenvalue weighted by Gasteiger charge is 2.12. The third-order valence-electron chi connectivity index (χ3n) is 2.72. The van der Waals surface area contributed by atoms with Gasteiger partial charge in [-0.25, -0.2) is 0 Å². The maximum absolute atomic E-state index is 10.7. The summed E-state index contributed by atoms with van der Waals surface area (Å²) in [6.07, 6.45) is 4.09. The summed E-state index contributed by atoms with van der Waals surface area (Å²) < 4.78 is 1.53. The molecule has 0 fully saturated rings. The van der Waals surface area contributed by atoms with Crippen LogP contribution < -0.4 is 5.32 Å². The highest BCUT2D eigenvalue weighted by atomic mass is 16.4. The summed E-state index contributed by atoms with van der Waals surface area (Å²) in [5.41, 5.74) is 0.547. The van der Waals surface area contributed by atoms with Gasteiger partial charge < -0.3 is 10.4 Å². The summed E-state index contributed by atoms with van der Waals surface area (Å²) in [7, 11) is 0. The van der Waals surface area contributed by atoms with Gasteiger partial charge in [0, 0.05) is 13.0 Å². The molecule has 1 atom stereocenters. The molecular weight excluding hydrogens is 236 g/mol. The molecule has 96 valence electrons. The third-order valence-corrected chi connectivity index (χ3v) is 2.72. The first kappa shape index (κ1) is 12.2. The van der Waals surface area contributed by atoms with Crippen LogP contribution in [0.2, 0.25) is 0 Å². The Morgan fingerprint density at radius 1 is 1.56 bits per heavy atom. The average molecular weight is 250 g/mol. The van der Waals surface area contributed by atoms with Crippen LogP contribution in [0.1, 0.15) is 19.8 Å². The fourth-order valence-electron chi connectivity index (χ4n) is 1.65. The molecule has 2 rings (SSSR count). The van der Waals surface area contributed by atoms with Gasteiger partial charge >= 0.3 is 5.97 Å². The van der Waals surface area contributed by atoms with Crippen molar-refractivity contribution in [1.82, 2.24) is 25.0 Å². The molecule has 0 saturated carbocycles. The van der Waals surface area contributed by atoms with Gasteiger partial charge in [-0.05, 0) is 16.3 Å². The van der Waals surface area contributed by atoms with Crippen LogP contribution in [0, 0.1) is 5.92 Å². The minimum absolute atomic E-state index is 0.0641. The summed E-state index contributed by atoms with van der Waals surface area (Å²) >= 11 is 0. The molecule has 2 N–H and O–H groups in total. The lowest BCUT2D eigenvalue weighted by molar-refractivity contribution is -0.138. The lowest BCUT2D eigenvalue weighted by atomic mass is 10.0. The molecule has 8 heteroatoms. The maximum Gasteiger partial charge on any atom is 0.303 e. The van der Waals surface area contributed by atoms with E-state index in [2.05, 4.69) is 25.8 Å². The molecule has 2 aromatic heterocycles. The zero-order chi connectivity index (χ0) is 13.0. The third kappa shape index (κ3) is 2.70. The van der Waals surface area contributed by atoms with E-state index >= 15 is 0 Å². The minimum Gasteiger partial charge on any atom is -0.481 e. The zero-order valence-corrected chi connectivity index (χ0v) is 9.94. The number of tetrazole rings is 1. The van der Waals surface area contributed by atoms with Gasteiger partial charge in [-0.15, -0.1) is 5.10 Å². The number of rotatable bonds is 6. The molecule has 0 radical (unpaired) electrons. The largest absolute Gasteiger partial charge is 0.481 e. The second kappa shape index (κ2) is 5.39. The molecule has 0 bridgehead atoms. The Kier molecular flexibility index (Phi) is 3.66. The van der Waals surface area contributed by atoms with Crippen LogP contribution in [-0.4, -0.2) is 42.6 Å². The van der Waals surface area contributed by atoms with Gasteiger partial charge in [-0.1, -0.05) is 13.3 Å². The van der Waals surface area contributed by atoms with Gasteiger partial charge in [0.15, 0.2) is 5.65 Å². The zero-order valence-electron chi connectivity index (χ0n) is 9.94. The quantitative estimate of drug-likeness (QED) is 0.765. The first-order valence-corrected chi connectivity index (χ1v) is 5.68. The second-order valence-electron chi connectivity index (χ2n) is 3.99. The number of nitrogens with one attached hydrogen (secondary N) is 1. The van der Waals surface area contributed by atoms with E-state index in [0.717, 1.165) is 6.42 Å². The first-order valence-electron chi connectivity index (χ1n) is 5.68. The summed E-state index contributed by atoms with van der Waals surface area (Å²) in [4.78, 5) is 14.7. The van der Waals surface area contributed by atoms with Crippen LogP contribution in [0.4, 0.5) is 5.82 Å². The number of carboxylic acid groups (broad SMARTS) is 1. The monoisotopic (exact) mass is 250 g/mol. The van der Waals surface area contributed by atoms with Crippen LogP contribution in [0.3, 0.4) is 0 Å². The minimum atomic E-state index is -0.789. The maximum atomic E-state index is 10.7. The van der Waals surface area contributed by atoms with E-state index in [-0.39, 0.29) is 12.3 Å². The number of nitrogens with zero attached hydrogens (tertiary/aromatic N) is 5. The van der Waals surface area contributed by atoms with Crippen LogP contribution >= 0.6 is 0 Å². The smallest absolute Gasteiger partial charge is 0.303 e. The predicted molar refractivity (Wildman–Crippen MR) is 63.1 cm³/mol. The lowest BCUT2D eigenvalue weighted by Gasteiger charge is -2.14. The fourth-order valence-corrected chi connectivity index (χ4v) is 1.65. The predicted octanol–water partition coefficient (Wildman–Crippen LogP) is 0.432. The van der Waals surface area contributed by atoms with E-state index in [1.807, 2.05) is 6.92 Å². The summed E-state index contributed by atoms with van der Waals surface area (Å²) in [5, 5.41) is 23.0. The van der Waals surface area contributed by atoms with Crippen molar-refractivity contribution in [3.05, 3.63) is 12.4 Å². The van der Waals surface area contributed by atoms with Gasteiger partial charge in [-0.3, -0.25) is 9.78 Å². The molecule has 0 amide bonds. The number of anilines is 1. The number of fused-ring (bicyclic) bond motifs is 1. The number of hydrogen-bond donors (Lipinski definition) is 2. The van der Waals surface area contributed by atoms with E-state index in [0.29, 0.717) is 18.0 Å². The van der Waals surface area contributed by atoms with Crippen LogP contribution in [0.15, 0.2) is 12.4 Å². The molecule has 0 aliphatic rings. The van der Waals surface area contributed by atoms with Gasteiger partial charge in [0.05, 0.1) is 12.4 Å². The molecular formula is C10H14N6O2. The summed E-state index contributed by atoms with van der Waals surface area (Å²) in [6, 6.07) is 0. The Labute approximate surface area is 103 Å². The standard InChI is InChI=1S/C10H14N6O2/c1-2-7(3-10(17)18)4-12-8-5-11-6-9-13-14-15-16(8)9/h5-7,12H,2-4H2,1H3,(H,17,18). The Bertz CT molecular complexity index is 540. The fraction of sp³-hybridized carbons (Fsp3) is 0.500.